The summed E-state index contributed by atoms with van der Waals surface area (Å²) >= 11 is 6.46. The molecule has 1 rings (SSSR count). The van der Waals surface area contributed by atoms with Crippen LogP contribution in [0.2, 0.25) is 5.02 Å². The van der Waals surface area contributed by atoms with E-state index >= 15 is 0 Å². The van der Waals surface area contributed by atoms with Crippen molar-refractivity contribution >= 4 is 27.4 Å². The van der Waals surface area contributed by atoms with Crippen LogP contribution < -0.4 is 10.6 Å². The topological polar surface area (TPSA) is 73.8 Å². The van der Waals surface area contributed by atoms with Crippen LogP contribution in [0.15, 0.2) is 29.3 Å². The van der Waals surface area contributed by atoms with E-state index in [1.807, 2.05) is 31.2 Å². The molecule has 0 radical (unpaired) electrons. The molecule has 8 heteroatoms. The summed E-state index contributed by atoms with van der Waals surface area (Å²) in [6, 6.07) is 7.95. The number of benzene rings is 1. The Balaban J connectivity index is 3.04. The monoisotopic (exact) mass is 430 g/mol. The Morgan fingerprint density at radius 2 is 1.79 bits per heavy atom. The molecular formula is C20H35ClN4O2S. The van der Waals surface area contributed by atoms with Crippen molar-refractivity contribution < 1.29 is 8.42 Å². The van der Waals surface area contributed by atoms with Crippen LogP contribution in [0.5, 0.6) is 0 Å². The van der Waals surface area contributed by atoms with E-state index in [1.54, 1.807) is 13.8 Å². The van der Waals surface area contributed by atoms with E-state index in [-0.39, 0.29) is 12.6 Å². The van der Waals surface area contributed by atoms with Gasteiger partial charge in [-0.15, -0.1) is 0 Å². The first kappa shape index (κ1) is 24.7. The number of hydrogen-bond donors (Lipinski definition) is 2. The van der Waals surface area contributed by atoms with Crippen LogP contribution in [0.4, 0.5) is 0 Å². The van der Waals surface area contributed by atoms with E-state index < -0.39 is 14.6 Å². The fourth-order valence-electron chi connectivity index (χ4n) is 2.77. The summed E-state index contributed by atoms with van der Waals surface area (Å²) in [7, 11) is -3.20. The molecule has 0 bridgehead atoms. The lowest BCUT2D eigenvalue weighted by molar-refractivity contribution is 0.219. The minimum atomic E-state index is -3.20. The second kappa shape index (κ2) is 11.0. The number of rotatable bonds is 10. The fourth-order valence-corrected chi connectivity index (χ4v) is 3.33. The van der Waals surface area contributed by atoms with Crippen LogP contribution in [0.1, 0.15) is 46.2 Å². The van der Waals surface area contributed by atoms with Crippen LogP contribution >= 0.6 is 11.6 Å². The summed E-state index contributed by atoms with van der Waals surface area (Å²) in [5.74, 6) is 0.600. The summed E-state index contributed by atoms with van der Waals surface area (Å²) in [5.41, 5.74) is 1.06. The van der Waals surface area contributed by atoms with Gasteiger partial charge in [0.25, 0.3) is 0 Å². The molecule has 160 valence electrons. The van der Waals surface area contributed by atoms with Crippen LogP contribution in [-0.4, -0.2) is 63.0 Å². The molecule has 28 heavy (non-hydrogen) atoms. The first-order chi connectivity index (χ1) is 13.1. The van der Waals surface area contributed by atoms with Crippen molar-refractivity contribution in [3.63, 3.8) is 0 Å². The molecule has 0 aliphatic carbocycles. The molecule has 0 saturated carbocycles. The molecule has 2 N–H and O–H groups in total. The second-order valence-electron chi connectivity index (χ2n) is 7.37. The zero-order valence-corrected chi connectivity index (χ0v) is 19.5. The van der Waals surface area contributed by atoms with Crippen molar-refractivity contribution in [2.45, 2.75) is 45.4 Å². The van der Waals surface area contributed by atoms with Crippen molar-refractivity contribution in [2.24, 2.45) is 4.99 Å². The van der Waals surface area contributed by atoms with Gasteiger partial charge in [0.15, 0.2) is 15.8 Å². The molecular weight excluding hydrogens is 396 g/mol. The number of hydrogen-bond acceptors (Lipinski definition) is 4. The zero-order chi connectivity index (χ0) is 21.4. The van der Waals surface area contributed by atoms with Gasteiger partial charge in [-0.2, -0.15) is 0 Å². The minimum Gasteiger partial charge on any atom is -0.357 e. The number of guanidine groups is 1. The van der Waals surface area contributed by atoms with Crippen LogP contribution in [0.3, 0.4) is 0 Å². The molecule has 0 aromatic heterocycles. The number of nitrogens with one attached hydrogen (secondary N) is 2. The number of aliphatic imine (C=N–C) groups is 1. The van der Waals surface area contributed by atoms with Gasteiger partial charge in [0.1, 0.15) is 0 Å². The summed E-state index contributed by atoms with van der Waals surface area (Å²) in [6.45, 7) is 12.9. The third kappa shape index (κ3) is 6.94. The van der Waals surface area contributed by atoms with Crippen molar-refractivity contribution in [3.8, 4) is 0 Å². The van der Waals surface area contributed by atoms with E-state index in [0.717, 1.165) is 23.7 Å². The quantitative estimate of drug-likeness (QED) is 0.440. The smallest absolute Gasteiger partial charge is 0.191 e. The highest BCUT2D eigenvalue weighted by Crippen LogP contribution is 2.27. The van der Waals surface area contributed by atoms with Crippen LogP contribution in [-0.2, 0) is 9.84 Å². The van der Waals surface area contributed by atoms with Crippen molar-refractivity contribution in [1.82, 2.24) is 15.5 Å². The maximum absolute atomic E-state index is 11.9. The average Bonchev–Trinajstić information content (AvgIpc) is 2.62. The Bertz CT molecular complexity index is 746. The van der Waals surface area contributed by atoms with Gasteiger partial charge in [-0.1, -0.05) is 43.6 Å². The molecule has 0 heterocycles. The molecule has 1 unspecified atom stereocenters. The van der Waals surface area contributed by atoms with E-state index in [2.05, 4.69) is 34.4 Å². The number of nitrogens with zero attached hydrogens (tertiary/aromatic N) is 2. The lowest BCUT2D eigenvalue weighted by Gasteiger charge is -2.31. The number of halogens is 1. The van der Waals surface area contributed by atoms with Gasteiger partial charge in [-0.25, -0.2) is 8.42 Å². The average molecular weight is 431 g/mol. The molecule has 1 atom stereocenters. The molecule has 0 aliphatic heterocycles. The highest BCUT2D eigenvalue weighted by atomic mass is 35.5. The highest BCUT2D eigenvalue weighted by molar-refractivity contribution is 7.92. The summed E-state index contributed by atoms with van der Waals surface area (Å²) in [4.78, 5) is 6.85. The summed E-state index contributed by atoms with van der Waals surface area (Å²) < 4.78 is 23.0. The Morgan fingerprint density at radius 3 is 2.29 bits per heavy atom. The minimum absolute atomic E-state index is 0.0791. The maximum Gasteiger partial charge on any atom is 0.191 e. The van der Waals surface area contributed by atoms with Crippen molar-refractivity contribution in [2.75, 3.05) is 39.0 Å². The van der Waals surface area contributed by atoms with E-state index in [1.165, 1.54) is 6.26 Å². The fraction of sp³-hybridized carbons (Fsp3) is 0.650. The molecule has 0 amide bonds. The van der Waals surface area contributed by atoms with Gasteiger partial charge in [0.2, 0.25) is 0 Å². The van der Waals surface area contributed by atoms with Gasteiger partial charge >= 0.3 is 0 Å². The van der Waals surface area contributed by atoms with Gasteiger partial charge < -0.3 is 10.6 Å². The van der Waals surface area contributed by atoms with Crippen LogP contribution in [0.25, 0.3) is 0 Å². The molecule has 0 aliphatic rings. The first-order valence-electron chi connectivity index (χ1n) is 9.77. The number of sulfone groups is 1. The Labute approximate surface area is 175 Å². The molecule has 1 aromatic rings. The molecule has 0 fully saturated rings. The zero-order valence-electron chi connectivity index (χ0n) is 17.9. The standard InChI is InChI=1S/C20H35ClN4O2S/c1-7-22-19(24-15-20(4,5)28(6,26)27)23-14-18(25(8-2)9-3)16-12-10-11-13-17(16)21/h10-13,18H,7-9,14-15H2,1-6H3,(H2,22,23,24). The van der Waals surface area contributed by atoms with Gasteiger partial charge in [0.05, 0.1) is 17.3 Å². The number of likely N-dealkylation sites (N-methyl/N-ethyl adjacent to an activating group) is 1. The predicted octanol–water partition coefficient (Wildman–Crippen LogP) is 3.10. The summed E-state index contributed by atoms with van der Waals surface area (Å²) in [6.07, 6.45) is 1.25. The SMILES string of the molecule is CCNC(=NCC(C)(C)S(C)(=O)=O)NCC(c1ccccc1Cl)N(CC)CC. The van der Waals surface area contributed by atoms with E-state index in [4.69, 9.17) is 11.6 Å². The largest absolute Gasteiger partial charge is 0.357 e. The Morgan fingerprint density at radius 1 is 1.18 bits per heavy atom. The molecule has 0 spiro atoms. The highest BCUT2D eigenvalue weighted by Gasteiger charge is 2.30. The normalized spacial score (nSPS) is 14.2. The third-order valence-electron chi connectivity index (χ3n) is 4.95. The van der Waals surface area contributed by atoms with Gasteiger partial charge in [-0.3, -0.25) is 9.89 Å². The first-order valence-corrected chi connectivity index (χ1v) is 12.0. The Hall–Kier alpha value is -1.31. The van der Waals surface area contributed by atoms with E-state index in [9.17, 15) is 8.42 Å². The molecule has 6 nitrogen and oxygen atoms in total. The van der Waals surface area contributed by atoms with E-state index in [0.29, 0.717) is 19.0 Å². The summed E-state index contributed by atoms with van der Waals surface area (Å²) in [5, 5.41) is 7.30. The Kier molecular flexibility index (Phi) is 9.74. The van der Waals surface area contributed by atoms with Gasteiger partial charge in [0, 0.05) is 24.4 Å². The second-order valence-corrected chi connectivity index (χ2v) is 10.4. The van der Waals surface area contributed by atoms with Crippen molar-refractivity contribution in [1.29, 1.82) is 0 Å². The predicted molar refractivity (Wildman–Crippen MR) is 120 cm³/mol. The third-order valence-corrected chi connectivity index (χ3v) is 7.43. The maximum atomic E-state index is 11.9. The lowest BCUT2D eigenvalue weighted by atomic mass is 10.0. The lowest BCUT2D eigenvalue weighted by Crippen LogP contribution is -2.44. The molecule has 1 aromatic carbocycles. The molecule has 0 saturated heterocycles. The van der Waals surface area contributed by atoms with Crippen LogP contribution in [0, 0.1) is 0 Å². The van der Waals surface area contributed by atoms with Crippen molar-refractivity contribution in [3.05, 3.63) is 34.9 Å². The van der Waals surface area contributed by atoms with Gasteiger partial charge in [-0.05, 0) is 45.5 Å².